The van der Waals surface area contributed by atoms with E-state index in [2.05, 4.69) is 100 Å². The van der Waals surface area contributed by atoms with Crippen molar-refractivity contribution in [1.82, 2.24) is 4.98 Å². The summed E-state index contributed by atoms with van der Waals surface area (Å²) in [5, 5.41) is 0. The second-order valence-electron chi connectivity index (χ2n) is 10.3. The minimum absolute atomic E-state index is 0.350. The van der Waals surface area contributed by atoms with Crippen LogP contribution in [0.25, 0.3) is 11.3 Å². The molecule has 212 valence electrons. The van der Waals surface area contributed by atoms with E-state index in [4.69, 9.17) is 9.47 Å². The predicted octanol–water partition coefficient (Wildman–Crippen LogP) is 7.63. The van der Waals surface area contributed by atoms with Crippen LogP contribution in [0.5, 0.6) is 0 Å². The number of para-hydroxylation sites is 2. The van der Waals surface area contributed by atoms with Crippen molar-refractivity contribution in [2.75, 3.05) is 36.8 Å². The van der Waals surface area contributed by atoms with Crippen LogP contribution in [-0.2, 0) is 27.7 Å². The number of rotatable bonds is 8. The summed E-state index contributed by atoms with van der Waals surface area (Å²) < 4.78 is 11.6. The summed E-state index contributed by atoms with van der Waals surface area (Å²) in [6.45, 7) is 12.5. The van der Waals surface area contributed by atoms with E-state index in [1.54, 1.807) is 13.3 Å². The first-order valence-corrected chi connectivity index (χ1v) is 15.6. The molecule has 1 fully saturated rings. The molecular formula is C32H40ClN3O2Pd. The number of ether oxygens (including phenoxy) is 2. The summed E-state index contributed by atoms with van der Waals surface area (Å²) in [5.74, 6) is 2.17. The third kappa shape index (κ3) is 9.30. The van der Waals surface area contributed by atoms with Gasteiger partial charge in [-0.05, 0) is 60.9 Å². The third-order valence-electron chi connectivity index (χ3n) is 7.40. The molecule has 1 aliphatic carbocycles. The third-order valence-corrected chi connectivity index (χ3v) is 7.40. The molecule has 1 aromatic heterocycles. The monoisotopic (exact) mass is 639 g/mol. The van der Waals surface area contributed by atoms with Crippen LogP contribution >= 0.6 is 9.53 Å². The van der Waals surface area contributed by atoms with Gasteiger partial charge < -0.3 is 24.3 Å². The van der Waals surface area contributed by atoms with E-state index in [1.165, 1.54) is 30.6 Å². The Labute approximate surface area is 250 Å². The maximum atomic E-state index is 6.37. The Kier molecular flexibility index (Phi) is 13.8. The van der Waals surface area contributed by atoms with Crippen molar-refractivity contribution in [2.45, 2.75) is 46.1 Å². The fourth-order valence-electron chi connectivity index (χ4n) is 5.02. The average molecular weight is 641 g/mol. The smallest absolute Gasteiger partial charge is 0.0160 e. The van der Waals surface area contributed by atoms with Crippen LogP contribution in [0.2, 0.25) is 0 Å². The second kappa shape index (κ2) is 17.0. The minimum atomic E-state index is 0.350. The maximum Gasteiger partial charge on any atom is 0.0160 e. The van der Waals surface area contributed by atoms with Gasteiger partial charge in [-0.15, -0.1) is 35.9 Å². The van der Waals surface area contributed by atoms with E-state index in [0.29, 0.717) is 25.4 Å². The van der Waals surface area contributed by atoms with Gasteiger partial charge in [-0.1, -0.05) is 45.0 Å². The molecule has 1 saturated carbocycles. The zero-order valence-electron chi connectivity index (χ0n) is 23.3. The molecule has 0 bridgehead atoms. The molecule has 5 nitrogen and oxygen atoms in total. The van der Waals surface area contributed by atoms with Crippen LogP contribution in [0.1, 0.15) is 40.0 Å². The Balaban J connectivity index is 0.000000250. The number of aromatic nitrogens is 1. The van der Waals surface area contributed by atoms with Gasteiger partial charge in [-0.2, -0.15) is 0 Å². The van der Waals surface area contributed by atoms with Gasteiger partial charge >= 0.3 is 27.7 Å². The summed E-state index contributed by atoms with van der Waals surface area (Å²) in [4.78, 5) is 8.45. The number of fused-ring (bicyclic) bond motifs is 1. The van der Waals surface area contributed by atoms with Crippen LogP contribution in [0.4, 0.5) is 11.4 Å². The normalized spacial score (nSPS) is 20.1. The topological polar surface area (TPSA) is 37.8 Å². The molecule has 39 heavy (non-hydrogen) atoms. The fraction of sp³-hybridized carbons (Fsp3) is 0.438. The number of nitrogens with zero attached hydrogens (tertiary/aromatic N) is 3. The first-order valence-electron chi connectivity index (χ1n) is 13.6. The van der Waals surface area contributed by atoms with Crippen LogP contribution in [0, 0.1) is 30.5 Å². The number of pyridine rings is 1. The quantitative estimate of drug-likeness (QED) is 0.187. The Morgan fingerprint density at radius 3 is 2.38 bits per heavy atom. The standard InChI is InChI=1S/C21H32N2O2.C11H8N.ClH.Pd/c1-16(2)18-10-9-17(3)21(13-18)25-15-23-14-22(11-12-24-4)19-7-5-6-8-20(19)23;1-2-6-10(7-3-1)11-8-4-5-9-12-11;;/h5-8,16-18,21H,9-13,15H2,1-4H3;1-6,8-9H;1H;/q;-1;;+2/p-1/t17-,18+,21-;;;/m0.../s1. The van der Waals surface area contributed by atoms with Gasteiger partial charge in [0, 0.05) is 19.9 Å². The van der Waals surface area contributed by atoms with Gasteiger partial charge in [0.15, 0.2) is 0 Å². The van der Waals surface area contributed by atoms with E-state index in [1.807, 2.05) is 42.5 Å². The van der Waals surface area contributed by atoms with Gasteiger partial charge in [0.1, 0.15) is 6.73 Å². The molecule has 0 amide bonds. The van der Waals surface area contributed by atoms with Crippen LogP contribution in [0.15, 0.2) is 72.9 Å². The Hall–Kier alpha value is -1.94. The molecule has 1 aliphatic heterocycles. The zero-order valence-corrected chi connectivity index (χ0v) is 25.6. The van der Waals surface area contributed by atoms with Crippen molar-refractivity contribution in [3.8, 4) is 11.3 Å². The largest absolute Gasteiger partial charge is 0.305 e. The summed E-state index contributed by atoms with van der Waals surface area (Å²) in [5.41, 5.74) is 4.36. The van der Waals surface area contributed by atoms with E-state index in [9.17, 15) is 0 Å². The SMILES string of the molecule is COCCN1[C]N(CO[C@H]2C[C@H](C(C)C)CC[C@@H]2C)c2ccccc21.[Cl][Pd+].[c-]1ccccc1-c1ccccn1. The maximum absolute atomic E-state index is 6.37. The van der Waals surface area contributed by atoms with Gasteiger partial charge in [0.05, 0.1) is 24.1 Å². The molecule has 3 aromatic rings. The Bertz CT molecular complexity index is 1040. The molecule has 7 heteroatoms. The van der Waals surface area contributed by atoms with Crippen molar-refractivity contribution in [3.63, 3.8) is 0 Å². The van der Waals surface area contributed by atoms with Crippen molar-refractivity contribution in [2.24, 2.45) is 17.8 Å². The van der Waals surface area contributed by atoms with Gasteiger partial charge in [0.25, 0.3) is 0 Å². The molecule has 0 saturated heterocycles. The summed E-state index contributed by atoms with van der Waals surface area (Å²) >= 11 is 2.22. The Morgan fingerprint density at radius 2 is 1.74 bits per heavy atom. The first-order chi connectivity index (χ1) is 19.1. The summed E-state index contributed by atoms with van der Waals surface area (Å²) in [7, 11) is 6.22. The molecule has 2 aromatic carbocycles. The molecule has 5 rings (SSSR count). The van der Waals surface area contributed by atoms with Crippen LogP contribution < -0.4 is 9.80 Å². The van der Waals surface area contributed by atoms with E-state index >= 15 is 0 Å². The van der Waals surface area contributed by atoms with Crippen molar-refractivity contribution in [3.05, 3.63) is 85.7 Å². The van der Waals surface area contributed by atoms with Crippen LogP contribution in [0.3, 0.4) is 0 Å². The van der Waals surface area contributed by atoms with Crippen molar-refractivity contribution >= 4 is 20.9 Å². The molecule has 2 aliphatic rings. The molecule has 0 spiro atoms. The zero-order chi connectivity index (χ0) is 28.0. The van der Waals surface area contributed by atoms with E-state index in [-0.39, 0.29) is 0 Å². The number of halogens is 1. The molecule has 2 heterocycles. The summed E-state index contributed by atoms with van der Waals surface area (Å²) in [6.07, 6.45) is 5.94. The number of methoxy groups -OCH3 is 1. The van der Waals surface area contributed by atoms with E-state index in [0.717, 1.165) is 29.6 Å². The van der Waals surface area contributed by atoms with Gasteiger partial charge in [-0.25, -0.2) is 0 Å². The molecule has 0 unspecified atom stereocenters. The Morgan fingerprint density at radius 1 is 1.03 bits per heavy atom. The van der Waals surface area contributed by atoms with E-state index < -0.39 is 0 Å². The summed E-state index contributed by atoms with van der Waals surface area (Å²) in [6, 6.07) is 25.2. The molecular weight excluding hydrogens is 600 g/mol. The second-order valence-corrected chi connectivity index (χ2v) is 10.3. The number of hydrogen-bond donors (Lipinski definition) is 0. The van der Waals surface area contributed by atoms with Crippen LogP contribution in [-0.4, -0.2) is 38.1 Å². The van der Waals surface area contributed by atoms with Crippen molar-refractivity contribution in [1.29, 1.82) is 0 Å². The molecule has 0 N–H and O–H groups in total. The molecule has 3 atom stereocenters. The minimum Gasteiger partial charge on any atom is -0.305 e. The molecule has 2 radical (unpaired) electrons. The van der Waals surface area contributed by atoms with Crippen molar-refractivity contribution < 1.29 is 27.7 Å². The van der Waals surface area contributed by atoms with Gasteiger partial charge in [0.2, 0.25) is 6.67 Å². The first kappa shape index (κ1) is 31.6. The average Bonchev–Trinajstić information content (AvgIpc) is 3.35. The fourth-order valence-corrected chi connectivity index (χ4v) is 5.02. The number of hydrogen-bond acceptors (Lipinski definition) is 5. The van der Waals surface area contributed by atoms with Gasteiger partial charge in [-0.3, -0.25) is 0 Å². The predicted molar refractivity (Wildman–Crippen MR) is 157 cm³/mol. The number of anilines is 2. The number of benzene rings is 2.